The van der Waals surface area contributed by atoms with Gasteiger partial charge in [-0.2, -0.15) is 0 Å². The van der Waals surface area contributed by atoms with Crippen molar-refractivity contribution in [2.45, 2.75) is 26.8 Å². The molecule has 0 atom stereocenters. The summed E-state index contributed by atoms with van der Waals surface area (Å²) in [7, 11) is 0. The van der Waals surface area contributed by atoms with E-state index in [-0.39, 0.29) is 11.5 Å². The lowest BCUT2D eigenvalue weighted by molar-refractivity contribution is 0.101. The van der Waals surface area contributed by atoms with Crippen LogP contribution in [0.1, 0.15) is 30.8 Å². The fourth-order valence-electron chi connectivity index (χ4n) is 2.73. The van der Waals surface area contributed by atoms with Crippen LogP contribution in [0.4, 0.5) is 5.69 Å². The average Bonchev–Trinajstić information content (AvgIpc) is 2.61. The molecule has 5 heteroatoms. The van der Waals surface area contributed by atoms with Crippen LogP contribution in [0, 0.1) is 5.92 Å². The third kappa shape index (κ3) is 3.76. The fraction of sp³-hybridized carbons (Fsp3) is 0.250. The first-order valence-corrected chi connectivity index (χ1v) is 8.40. The van der Waals surface area contributed by atoms with Crippen molar-refractivity contribution in [3.63, 3.8) is 0 Å². The van der Waals surface area contributed by atoms with Crippen LogP contribution in [0.3, 0.4) is 0 Å². The van der Waals surface area contributed by atoms with Crippen molar-refractivity contribution in [1.29, 1.82) is 0 Å². The molecular formula is C20H21N3O2. The zero-order valence-corrected chi connectivity index (χ0v) is 14.4. The number of nitrogens with zero attached hydrogens (tertiary/aromatic N) is 2. The topological polar surface area (TPSA) is 64.0 Å². The van der Waals surface area contributed by atoms with E-state index in [1.54, 1.807) is 41.2 Å². The number of anilines is 1. The van der Waals surface area contributed by atoms with Crippen LogP contribution in [0.25, 0.3) is 10.8 Å². The highest BCUT2D eigenvalue weighted by molar-refractivity contribution is 6.05. The summed E-state index contributed by atoms with van der Waals surface area (Å²) in [6.07, 6.45) is 4.05. The first-order chi connectivity index (χ1) is 12.1. The van der Waals surface area contributed by atoms with Gasteiger partial charge in [-0.15, -0.1) is 0 Å². The molecule has 3 aromatic rings. The molecule has 25 heavy (non-hydrogen) atoms. The smallest absolute Gasteiger partial charge is 0.272 e. The molecule has 0 bridgehead atoms. The minimum atomic E-state index is -0.306. The van der Waals surface area contributed by atoms with Crippen LogP contribution in [-0.4, -0.2) is 15.5 Å². The van der Waals surface area contributed by atoms with E-state index in [9.17, 15) is 9.59 Å². The second-order valence-electron chi connectivity index (χ2n) is 6.45. The Bertz CT molecular complexity index is 946. The van der Waals surface area contributed by atoms with Crippen molar-refractivity contribution in [3.05, 3.63) is 70.9 Å². The number of carbonyl (C=O) groups is 1. The number of rotatable bonds is 5. The second kappa shape index (κ2) is 7.30. The second-order valence-corrected chi connectivity index (χ2v) is 6.45. The largest absolute Gasteiger partial charge is 0.319 e. The predicted molar refractivity (Wildman–Crippen MR) is 99.9 cm³/mol. The Kier molecular flexibility index (Phi) is 4.93. The number of carbonyl (C=O) groups excluding carboxylic acids is 1. The summed E-state index contributed by atoms with van der Waals surface area (Å²) in [4.78, 5) is 29.7. The molecular weight excluding hydrogens is 314 g/mol. The van der Waals surface area contributed by atoms with Crippen molar-refractivity contribution in [3.8, 4) is 0 Å². The zero-order valence-electron chi connectivity index (χ0n) is 14.4. The van der Waals surface area contributed by atoms with E-state index < -0.39 is 0 Å². The molecule has 0 aliphatic rings. The third-order valence-corrected chi connectivity index (χ3v) is 4.10. The average molecular weight is 335 g/mol. The van der Waals surface area contributed by atoms with Crippen LogP contribution >= 0.6 is 0 Å². The minimum Gasteiger partial charge on any atom is -0.319 e. The highest BCUT2D eigenvalue weighted by Gasteiger charge is 2.16. The molecule has 1 aromatic carbocycles. The lowest BCUT2D eigenvalue weighted by Crippen LogP contribution is -2.29. The molecule has 1 amide bonds. The highest BCUT2D eigenvalue weighted by atomic mass is 16.2. The van der Waals surface area contributed by atoms with Crippen molar-refractivity contribution in [2.24, 2.45) is 5.92 Å². The molecule has 128 valence electrons. The SMILES string of the molecule is CC(C)CCn1c(C(=O)Nc2cccnc2)cc2ccccc2c1=O. The third-order valence-electron chi connectivity index (χ3n) is 4.10. The lowest BCUT2D eigenvalue weighted by Gasteiger charge is -2.15. The van der Waals surface area contributed by atoms with E-state index in [4.69, 9.17) is 0 Å². The van der Waals surface area contributed by atoms with Crippen LogP contribution in [-0.2, 0) is 6.54 Å². The number of aromatic nitrogens is 2. The van der Waals surface area contributed by atoms with E-state index in [0.29, 0.717) is 29.2 Å². The fourth-order valence-corrected chi connectivity index (χ4v) is 2.73. The maximum absolute atomic E-state index is 12.9. The van der Waals surface area contributed by atoms with Crippen LogP contribution in [0.2, 0.25) is 0 Å². The van der Waals surface area contributed by atoms with Crippen molar-refractivity contribution in [2.75, 3.05) is 5.32 Å². The van der Waals surface area contributed by atoms with Gasteiger partial charge in [0.25, 0.3) is 11.5 Å². The first-order valence-electron chi connectivity index (χ1n) is 8.40. The van der Waals surface area contributed by atoms with E-state index in [2.05, 4.69) is 24.1 Å². The van der Waals surface area contributed by atoms with Crippen LogP contribution in [0.15, 0.2) is 59.7 Å². The number of fused-ring (bicyclic) bond motifs is 1. The Morgan fingerprint density at radius 2 is 2.00 bits per heavy atom. The van der Waals surface area contributed by atoms with Gasteiger partial charge in [0.15, 0.2) is 0 Å². The van der Waals surface area contributed by atoms with Gasteiger partial charge in [0.2, 0.25) is 0 Å². The summed E-state index contributed by atoms with van der Waals surface area (Å²) in [5.74, 6) is 0.132. The molecule has 0 spiro atoms. The number of benzene rings is 1. The van der Waals surface area contributed by atoms with Gasteiger partial charge in [0.1, 0.15) is 5.69 Å². The Balaban J connectivity index is 2.06. The monoisotopic (exact) mass is 335 g/mol. The van der Waals surface area contributed by atoms with Gasteiger partial charge < -0.3 is 9.88 Å². The Hall–Kier alpha value is -2.95. The Morgan fingerprint density at radius 3 is 2.72 bits per heavy atom. The quantitative estimate of drug-likeness (QED) is 0.773. The molecule has 0 aliphatic carbocycles. The van der Waals surface area contributed by atoms with Gasteiger partial charge in [0, 0.05) is 18.1 Å². The number of nitrogens with one attached hydrogen (secondary N) is 1. The molecule has 5 nitrogen and oxygen atoms in total. The molecule has 0 unspecified atom stereocenters. The summed E-state index contributed by atoms with van der Waals surface area (Å²) in [6.45, 7) is 4.71. The first kappa shape index (κ1) is 16.9. The Labute approximate surface area is 146 Å². The maximum atomic E-state index is 12.9. The molecule has 0 saturated carbocycles. The van der Waals surface area contributed by atoms with Crippen molar-refractivity contribution < 1.29 is 4.79 Å². The van der Waals surface area contributed by atoms with E-state index >= 15 is 0 Å². The van der Waals surface area contributed by atoms with Gasteiger partial charge in [-0.1, -0.05) is 32.0 Å². The lowest BCUT2D eigenvalue weighted by atomic mass is 10.1. The van der Waals surface area contributed by atoms with Gasteiger partial charge in [-0.05, 0) is 42.0 Å². The molecule has 0 fully saturated rings. The molecule has 1 N–H and O–H groups in total. The van der Waals surface area contributed by atoms with E-state index in [1.165, 1.54) is 0 Å². The van der Waals surface area contributed by atoms with Gasteiger partial charge in [-0.25, -0.2) is 0 Å². The molecule has 3 rings (SSSR count). The minimum absolute atomic E-state index is 0.130. The van der Waals surface area contributed by atoms with Crippen molar-refractivity contribution in [1.82, 2.24) is 9.55 Å². The summed E-state index contributed by atoms with van der Waals surface area (Å²) in [5, 5.41) is 4.21. The standard InChI is InChI=1S/C20H21N3O2/c1-14(2)9-11-23-18(19(24)22-16-7-5-10-21-13-16)12-15-6-3-4-8-17(15)20(23)25/h3-8,10,12-14H,9,11H2,1-2H3,(H,22,24). The number of pyridine rings is 2. The predicted octanol–water partition coefficient (Wildman–Crippen LogP) is 3.69. The van der Waals surface area contributed by atoms with Crippen LogP contribution in [0.5, 0.6) is 0 Å². The van der Waals surface area contributed by atoms with Crippen molar-refractivity contribution >= 4 is 22.4 Å². The molecule has 2 aromatic heterocycles. The summed E-state index contributed by atoms with van der Waals surface area (Å²) in [6, 6.07) is 12.7. The molecule has 0 radical (unpaired) electrons. The van der Waals surface area contributed by atoms with Gasteiger partial charge >= 0.3 is 0 Å². The zero-order chi connectivity index (χ0) is 17.8. The molecule has 0 saturated heterocycles. The summed E-state index contributed by atoms with van der Waals surface area (Å²) >= 11 is 0. The Morgan fingerprint density at radius 1 is 1.20 bits per heavy atom. The summed E-state index contributed by atoms with van der Waals surface area (Å²) in [5.41, 5.74) is 0.840. The number of hydrogen-bond acceptors (Lipinski definition) is 3. The number of hydrogen-bond donors (Lipinski definition) is 1. The highest BCUT2D eigenvalue weighted by Crippen LogP contribution is 2.15. The van der Waals surface area contributed by atoms with Gasteiger partial charge in [-0.3, -0.25) is 14.6 Å². The normalized spacial score (nSPS) is 11.0. The van der Waals surface area contributed by atoms with E-state index in [1.807, 2.05) is 18.2 Å². The maximum Gasteiger partial charge on any atom is 0.272 e. The summed E-state index contributed by atoms with van der Waals surface area (Å²) < 4.78 is 1.58. The van der Waals surface area contributed by atoms with Gasteiger partial charge in [0.05, 0.1) is 11.9 Å². The molecule has 0 aliphatic heterocycles. The van der Waals surface area contributed by atoms with E-state index in [0.717, 1.165) is 11.8 Å². The molecule has 2 heterocycles. The van der Waals surface area contributed by atoms with Crippen LogP contribution < -0.4 is 10.9 Å². The number of amides is 1.